The Hall–Kier alpha value is -1.46. The maximum absolute atomic E-state index is 5.82. The van der Waals surface area contributed by atoms with Gasteiger partial charge in [-0.3, -0.25) is 0 Å². The summed E-state index contributed by atoms with van der Waals surface area (Å²) in [5.41, 5.74) is 6.61. The molecule has 1 unspecified atom stereocenters. The van der Waals surface area contributed by atoms with Gasteiger partial charge in [-0.1, -0.05) is 36.0 Å². The molecule has 0 aliphatic heterocycles. The molecule has 1 heterocycles. The Morgan fingerprint density at radius 1 is 1.25 bits per heavy atom. The number of thiocarbonyl (C=S) groups is 1. The summed E-state index contributed by atoms with van der Waals surface area (Å²) in [7, 11) is 0. The Morgan fingerprint density at radius 3 is 2.31 bits per heavy atom. The van der Waals surface area contributed by atoms with Gasteiger partial charge in [0.15, 0.2) is 0 Å². The Kier molecular flexibility index (Phi) is 3.17. The van der Waals surface area contributed by atoms with Crippen LogP contribution in [-0.2, 0) is 0 Å². The fourth-order valence-corrected chi connectivity index (χ4v) is 1.77. The van der Waals surface area contributed by atoms with Crippen LogP contribution in [-0.4, -0.2) is 20.0 Å². The number of nitrogens with zero attached hydrogens (tertiary/aromatic N) is 3. The van der Waals surface area contributed by atoms with Crippen molar-refractivity contribution in [1.82, 2.24) is 15.0 Å². The quantitative estimate of drug-likeness (QED) is 0.847. The predicted octanol–water partition coefficient (Wildman–Crippen LogP) is 1.81. The summed E-state index contributed by atoms with van der Waals surface area (Å²) >= 11 is 10.8. The molecule has 1 aromatic carbocycles. The van der Waals surface area contributed by atoms with Crippen molar-refractivity contribution in [2.24, 2.45) is 5.73 Å². The summed E-state index contributed by atoms with van der Waals surface area (Å²) in [5, 5.41) is 8.75. The predicted molar refractivity (Wildman–Crippen MR) is 66.4 cm³/mol. The molecule has 0 spiro atoms. The molecule has 0 aliphatic carbocycles. The van der Waals surface area contributed by atoms with Crippen LogP contribution >= 0.6 is 23.8 Å². The van der Waals surface area contributed by atoms with Gasteiger partial charge in [0.2, 0.25) is 0 Å². The summed E-state index contributed by atoms with van der Waals surface area (Å²) in [6.45, 7) is 0. The van der Waals surface area contributed by atoms with Crippen LogP contribution in [0.5, 0.6) is 0 Å². The largest absolute Gasteiger partial charge is 0.391 e. The molecule has 0 fully saturated rings. The Morgan fingerprint density at radius 2 is 1.81 bits per heavy atom. The zero-order chi connectivity index (χ0) is 11.5. The third-order valence-electron chi connectivity index (χ3n) is 2.12. The summed E-state index contributed by atoms with van der Waals surface area (Å²) in [4.78, 5) is 1.80. The first-order valence-electron chi connectivity index (χ1n) is 4.59. The zero-order valence-corrected chi connectivity index (χ0v) is 9.82. The molecular weight excluding hydrogens is 244 g/mol. The van der Waals surface area contributed by atoms with Gasteiger partial charge < -0.3 is 5.73 Å². The second-order valence-corrected chi connectivity index (χ2v) is 4.11. The van der Waals surface area contributed by atoms with E-state index in [2.05, 4.69) is 10.2 Å². The van der Waals surface area contributed by atoms with Crippen LogP contribution in [0.2, 0.25) is 5.02 Å². The minimum Gasteiger partial charge on any atom is -0.391 e. The minimum absolute atomic E-state index is 0.318. The summed E-state index contributed by atoms with van der Waals surface area (Å²) < 4.78 is 0. The molecule has 2 N–H and O–H groups in total. The number of hydrogen-bond donors (Lipinski definition) is 1. The molecule has 4 nitrogen and oxygen atoms in total. The highest BCUT2D eigenvalue weighted by Crippen LogP contribution is 2.19. The minimum atomic E-state index is -0.331. The maximum Gasteiger partial charge on any atom is 0.146 e. The van der Waals surface area contributed by atoms with E-state index in [9.17, 15) is 0 Å². The van der Waals surface area contributed by atoms with Crippen molar-refractivity contribution in [2.45, 2.75) is 6.04 Å². The van der Waals surface area contributed by atoms with E-state index < -0.39 is 0 Å². The highest BCUT2D eigenvalue weighted by Gasteiger charge is 2.17. The SMILES string of the molecule is NC(=S)C(c1ccc(Cl)cc1)n1nccn1. The monoisotopic (exact) mass is 252 g/mol. The lowest BCUT2D eigenvalue weighted by Gasteiger charge is -2.14. The van der Waals surface area contributed by atoms with E-state index in [1.165, 1.54) is 4.80 Å². The summed E-state index contributed by atoms with van der Waals surface area (Å²) in [6.07, 6.45) is 3.17. The van der Waals surface area contributed by atoms with E-state index in [-0.39, 0.29) is 6.04 Å². The van der Waals surface area contributed by atoms with Gasteiger partial charge in [0.05, 0.1) is 12.4 Å². The van der Waals surface area contributed by atoms with Gasteiger partial charge in [-0.2, -0.15) is 15.0 Å². The van der Waals surface area contributed by atoms with Gasteiger partial charge in [-0.25, -0.2) is 0 Å². The number of benzene rings is 1. The lowest BCUT2D eigenvalue weighted by molar-refractivity contribution is 0.554. The molecule has 1 aromatic heterocycles. The molecule has 0 radical (unpaired) electrons. The number of hydrogen-bond acceptors (Lipinski definition) is 3. The second kappa shape index (κ2) is 4.59. The third-order valence-corrected chi connectivity index (χ3v) is 2.60. The smallest absolute Gasteiger partial charge is 0.146 e. The van der Waals surface area contributed by atoms with Gasteiger partial charge in [0, 0.05) is 5.02 Å². The molecule has 2 rings (SSSR count). The van der Waals surface area contributed by atoms with Crippen LogP contribution in [0.25, 0.3) is 0 Å². The van der Waals surface area contributed by atoms with Crippen molar-refractivity contribution in [2.75, 3.05) is 0 Å². The fourth-order valence-electron chi connectivity index (χ4n) is 1.42. The number of nitrogens with two attached hydrogens (primary N) is 1. The average Bonchev–Trinajstić information content (AvgIpc) is 2.74. The van der Waals surface area contributed by atoms with E-state index in [1.807, 2.05) is 12.1 Å². The van der Waals surface area contributed by atoms with Gasteiger partial charge in [0.1, 0.15) is 11.0 Å². The topological polar surface area (TPSA) is 56.7 Å². The number of aromatic nitrogens is 3. The molecular formula is C10H9ClN4S. The van der Waals surface area contributed by atoms with Crippen molar-refractivity contribution in [1.29, 1.82) is 0 Å². The number of halogens is 1. The first-order chi connectivity index (χ1) is 7.68. The average molecular weight is 253 g/mol. The van der Waals surface area contributed by atoms with Gasteiger partial charge in [-0.05, 0) is 17.7 Å². The molecule has 0 saturated carbocycles. The third kappa shape index (κ3) is 2.20. The Labute approximate surface area is 103 Å². The Balaban J connectivity index is 2.41. The highest BCUT2D eigenvalue weighted by molar-refractivity contribution is 7.80. The lowest BCUT2D eigenvalue weighted by Crippen LogP contribution is -2.27. The van der Waals surface area contributed by atoms with Gasteiger partial charge in [-0.15, -0.1) is 0 Å². The van der Waals surface area contributed by atoms with Crippen LogP contribution in [0.4, 0.5) is 0 Å². The zero-order valence-electron chi connectivity index (χ0n) is 8.25. The standard InChI is InChI=1S/C10H9ClN4S/c11-8-3-1-7(2-4-8)9(10(12)16)15-13-5-6-14-15/h1-6,9H,(H2,12,16). The molecule has 0 amide bonds. The maximum atomic E-state index is 5.82. The van der Waals surface area contributed by atoms with Crippen LogP contribution in [0.15, 0.2) is 36.7 Å². The second-order valence-electron chi connectivity index (χ2n) is 3.21. The van der Waals surface area contributed by atoms with E-state index in [4.69, 9.17) is 29.6 Å². The van der Waals surface area contributed by atoms with E-state index in [0.717, 1.165) is 5.56 Å². The first kappa shape index (κ1) is 11.0. The van der Waals surface area contributed by atoms with E-state index >= 15 is 0 Å². The molecule has 6 heteroatoms. The molecule has 82 valence electrons. The summed E-state index contributed by atoms with van der Waals surface area (Å²) in [6, 6.07) is 6.95. The molecule has 16 heavy (non-hydrogen) atoms. The van der Waals surface area contributed by atoms with Crippen LogP contribution in [0.3, 0.4) is 0 Å². The molecule has 0 aliphatic rings. The molecule has 2 aromatic rings. The van der Waals surface area contributed by atoms with E-state index in [1.54, 1.807) is 24.5 Å². The van der Waals surface area contributed by atoms with Crippen molar-refractivity contribution < 1.29 is 0 Å². The highest BCUT2D eigenvalue weighted by atomic mass is 35.5. The molecule has 0 saturated heterocycles. The normalized spacial score (nSPS) is 12.3. The van der Waals surface area contributed by atoms with Gasteiger partial charge >= 0.3 is 0 Å². The first-order valence-corrected chi connectivity index (χ1v) is 5.37. The van der Waals surface area contributed by atoms with Crippen molar-refractivity contribution in [3.63, 3.8) is 0 Å². The van der Waals surface area contributed by atoms with Crippen LogP contribution < -0.4 is 5.73 Å². The molecule has 0 bridgehead atoms. The van der Waals surface area contributed by atoms with Crippen molar-refractivity contribution in [3.05, 3.63) is 47.2 Å². The molecule has 1 atom stereocenters. The lowest BCUT2D eigenvalue weighted by atomic mass is 10.1. The van der Waals surface area contributed by atoms with Gasteiger partial charge in [0.25, 0.3) is 0 Å². The van der Waals surface area contributed by atoms with E-state index in [0.29, 0.717) is 10.0 Å². The van der Waals surface area contributed by atoms with Crippen molar-refractivity contribution >= 4 is 28.8 Å². The van der Waals surface area contributed by atoms with Crippen LogP contribution in [0.1, 0.15) is 11.6 Å². The summed E-state index contributed by atoms with van der Waals surface area (Å²) in [5.74, 6) is 0. The Bertz CT molecular complexity index is 480. The van der Waals surface area contributed by atoms with Crippen LogP contribution in [0, 0.1) is 0 Å². The fraction of sp³-hybridized carbons (Fsp3) is 0.100. The number of rotatable bonds is 3. The van der Waals surface area contributed by atoms with Crippen molar-refractivity contribution in [3.8, 4) is 0 Å².